The summed E-state index contributed by atoms with van der Waals surface area (Å²) >= 11 is 5.83. The van der Waals surface area contributed by atoms with E-state index in [1.54, 1.807) is 12.1 Å². The lowest BCUT2D eigenvalue weighted by Gasteiger charge is -2.14. The summed E-state index contributed by atoms with van der Waals surface area (Å²) in [5.74, 6) is -0.0712. The highest BCUT2D eigenvalue weighted by molar-refractivity contribution is 6.30. The van der Waals surface area contributed by atoms with Crippen molar-refractivity contribution in [3.05, 3.63) is 70.7 Å². The summed E-state index contributed by atoms with van der Waals surface area (Å²) in [6.45, 7) is 1.95. The molecule has 1 N–H and O–H groups in total. The number of nitrogens with one attached hydrogen (secondary N) is 1. The molecule has 0 bridgehead atoms. The van der Waals surface area contributed by atoms with Gasteiger partial charge in [0, 0.05) is 10.6 Å². The predicted octanol–water partition coefficient (Wildman–Crippen LogP) is 3.83. The minimum atomic E-state index is -0.0712. The van der Waals surface area contributed by atoms with E-state index in [2.05, 4.69) is 5.32 Å². The smallest absolute Gasteiger partial charge is 0.251 e. The third-order valence-corrected chi connectivity index (χ3v) is 3.01. The van der Waals surface area contributed by atoms with E-state index in [9.17, 15) is 4.79 Å². The summed E-state index contributed by atoms with van der Waals surface area (Å²) < 4.78 is 0. The van der Waals surface area contributed by atoms with Crippen LogP contribution in [-0.2, 0) is 0 Å². The molecule has 0 saturated carbocycles. The van der Waals surface area contributed by atoms with Crippen molar-refractivity contribution in [3.63, 3.8) is 0 Å². The molecule has 0 saturated heterocycles. The van der Waals surface area contributed by atoms with Gasteiger partial charge in [0.2, 0.25) is 0 Å². The maximum Gasteiger partial charge on any atom is 0.251 e. The number of benzene rings is 2. The molecule has 2 aromatic carbocycles. The summed E-state index contributed by atoms with van der Waals surface area (Å²) in [5, 5.41) is 3.64. The highest BCUT2D eigenvalue weighted by atomic mass is 35.5. The van der Waals surface area contributed by atoms with Crippen molar-refractivity contribution < 1.29 is 4.79 Å². The first-order valence-electron chi connectivity index (χ1n) is 5.78. The van der Waals surface area contributed by atoms with Gasteiger partial charge in [-0.3, -0.25) is 4.79 Å². The van der Waals surface area contributed by atoms with Gasteiger partial charge in [-0.25, -0.2) is 0 Å². The van der Waals surface area contributed by atoms with E-state index in [1.165, 1.54) is 0 Å². The molecule has 18 heavy (non-hydrogen) atoms. The first kappa shape index (κ1) is 12.7. The van der Waals surface area contributed by atoms with Crippen LogP contribution in [0.3, 0.4) is 0 Å². The minimum Gasteiger partial charge on any atom is -0.346 e. The number of hydrogen-bond acceptors (Lipinski definition) is 1. The van der Waals surface area contributed by atoms with Crippen molar-refractivity contribution in [2.45, 2.75) is 13.0 Å². The van der Waals surface area contributed by atoms with Crippen molar-refractivity contribution in [2.75, 3.05) is 0 Å². The van der Waals surface area contributed by atoms with E-state index in [0.29, 0.717) is 10.6 Å². The average molecular weight is 260 g/mol. The highest BCUT2D eigenvalue weighted by Gasteiger charge is 2.10. The molecule has 0 radical (unpaired) electrons. The number of hydrogen-bond donors (Lipinski definition) is 1. The predicted molar refractivity (Wildman–Crippen MR) is 73.8 cm³/mol. The molecule has 0 aliphatic rings. The molecule has 0 aromatic heterocycles. The number of carbonyl (C=O) groups excluding carboxylic acids is 1. The van der Waals surface area contributed by atoms with Gasteiger partial charge in [0.05, 0.1) is 6.04 Å². The van der Waals surface area contributed by atoms with Crippen LogP contribution < -0.4 is 5.32 Å². The Kier molecular flexibility index (Phi) is 4.00. The summed E-state index contributed by atoms with van der Waals surface area (Å²) in [7, 11) is 0. The molecule has 0 aliphatic carbocycles. The van der Waals surface area contributed by atoms with Crippen LogP contribution in [0.25, 0.3) is 0 Å². The van der Waals surface area contributed by atoms with E-state index >= 15 is 0 Å². The molecule has 0 fully saturated rings. The second-order valence-corrected chi connectivity index (χ2v) is 4.55. The SMILES string of the molecule is C[C@@H](NC(=O)c1ccccc1)c1ccc(Cl)cc1. The molecule has 0 spiro atoms. The van der Waals surface area contributed by atoms with Gasteiger partial charge in [0.1, 0.15) is 0 Å². The van der Waals surface area contributed by atoms with Crippen LogP contribution in [0.1, 0.15) is 28.9 Å². The minimum absolute atomic E-state index is 0.0463. The number of halogens is 1. The van der Waals surface area contributed by atoms with Crippen LogP contribution in [0.15, 0.2) is 54.6 Å². The Hall–Kier alpha value is -1.80. The van der Waals surface area contributed by atoms with Gasteiger partial charge in [-0.2, -0.15) is 0 Å². The number of rotatable bonds is 3. The van der Waals surface area contributed by atoms with Crippen LogP contribution in [0, 0.1) is 0 Å². The molecule has 0 unspecified atom stereocenters. The van der Waals surface area contributed by atoms with Gasteiger partial charge >= 0.3 is 0 Å². The molecule has 0 aliphatic heterocycles. The Morgan fingerprint density at radius 3 is 2.28 bits per heavy atom. The van der Waals surface area contributed by atoms with Gasteiger partial charge in [0.15, 0.2) is 0 Å². The van der Waals surface area contributed by atoms with Crippen molar-refractivity contribution in [2.24, 2.45) is 0 Å². The molecule has 0 heterocycles. The molecule has 2 aromatic rings. The van der Waals surface area contributed by atoms with Crippen molar-refractivity contribution >= 4 is 17.5 Å². The molecule has 2 nitrogen and oxygen atoms in total. The third-order valence-electron chi connectivity index (χ3n) is 2.75. The van der Waals surface area contributed by atoms with Gasteiger partial charge in [-0.05, 0) is 36.8 Å². The van der Waals surface area contributed by atoms with Gasteiger partial charge in [0.25, 0.3) is 5.91 Å². The van der Waals surface area contributed by atoms with Gasteiger partial charge in [-0.15, -0.1) is 0 Å². The summed E-state index contributed by atoms with van der Waals surface area (Å²) in [5.41, 5.74) is 1.70. The van der Waals surface area contributed by atoms with Crippen LogP contribution in [0.2, 0.25) is 5.02 Å². The summed E-state index contributed by atoms with van der Waals surface area (Å²) in [6, 6.07) is 16.6. The second kappa shape index (κ2) is 5.69. The first-order valence-corrected chi connectivity index (χ1v) is 6.16. The maximum atomic E-state index is 12.0. The molecule has 2 rings (SSSR count). The Morgan fingerprint density at radius 2 is 1.67 bits per heavy atom. The zero-order valence-electron chi connectivity index (χ0n) is 10.1. The molecule has 3 heteroatoms. The molecule has 92 valence electrons. The third kappa shape index (κ3) is 3.11. The second-order valence-electron chi connectivity index (χ2n) is 4.11. The Bertz CT molecular complexity index is 522. The average Bonchev–Trinajstić information content (AvgIpc) is 2.40. The van der Waals surface area contributed by atoms with E-state index in [0.717, 1.165) is 5.56 Å². The standard InChI is InChI=1S/C15H14ClNO/c1-11(12-7-9-14(16)10-8-12)17-15(18)13-5-3-2-4-6-13/h2-11H,1H3,(H,17,18)/t11-/m1/s1. The zero-order chi connectivity index (χ0) is 13.0. The molecule has 1 atom stereocenters. The van der Waals surface area contributed by atoms with E-state index in [-0.39, 0.29) is 11.9 Å². The fraction of sp³-hybridized carbons (Fsp3) is 0.133. The molecular formula is C15H14ClNO. The lowest BCUT2D eigenvalue weighted by atomic mass is 10.1. The number of amides is 1. The monoisotopic (exact) mass is 259 g/mol. The molecular weight excluding hydrogens is 246 g/mol. The topological polar surface area (TPSA) is 29.1 Å². The lowest BCUT2D eigenvalue weighted by Crippen LogP contribution is -2.26. The fourth-order valence-corrected chi connectivity index (χ4v) is 1.83. The Balaban J connectivity index is 2.06. The van der Waals surface area contributed by atoms with Crippen molar-refractivity contribution in [3.8, 4) is 0 Å². The normalized spacial score (nSPS) is 11.9. The highest BCUT2D eigenvalue weighted by Crippen LogP contribution is 2.16. The van der Waals surface area contributed by atoms with E-state index < -0.39 is 0 Å². The molecule has 1 amide bonds. The Morgan fingerprint density at radius 1 is 1.06 bits per heavy atom. The van der Waals surface area contributed by atoms with Crippen LogP contribution in [-0.4, -0.2) is 5.91 Å². The largest absolute Gasteiger partial charge is 0.346 e. The van der Waals surface area contributed by atoms with Crippen LogP contribution in [0.5, 0.6) is 0 Å². The van der Waals surface area contributed by atoms with E-state index in [4.69, 9.17) is 11.6 Å². The van der Waals surface area contributed by atoms with E-state index in [1.807, 2.05) is 49.4 Å². The van der Waals surface area contributed by atoms with Crippen LogP contribution in [0.4, 0.5) is 0 Å². The maximum absolute atomic E-state index is 12.0. The summed E-state index contributed by atoms with van der Waals surface area (Å²) in [6.07, 6.45) is 0. The van der Waals surface area contributed by atoms with Crippen LogP contribution >= 0.6 is 11.6 Å². The fourth-order valence-electron chi connectivity index (χ4n) is 1.70. The van der Waals surface area contributed by atoms with Gasteiger partial charge < -0.3 is 5.32 Å². The summed E-state index contributed by atoms with van der Waals surface area (Å²) in [4.78, 5) is 12.0. The Labute approximate surface area is 112 Å². The van der Waals surface area contributed by atoms with Crippen molar-refractivity contribution in [1.29, 1.82) is 0 Å². The quantitative estimate of drug-likeness (QED) is 0.892. The van der Waals surface area contributed by atoms with Crippen molar-refractivity contribution in [1.82, 2.24) is 5.32 Å². The lowest BCUT2D eigenvalue weighted by molar-refractivity contribution is 0.0940. The van der Waals surface area contributed by atoms with Gasteiger partial charge in [-0.1, -0.05) is 41.9 Å². The zero-order valence-corrected chi connectivity index (χ0v) is 10.8. The first-order chi connectivity index (χ1) is 8.66. The number of carbonyl (C=O) groups is 1.